The van der Waals surface area contributed by atoms with Crippen molar-refractivity contribution in [3.05, 3.63) is 52.0 Å². The van der Waals surface area contributed by atoms with Crippen LogP contribution in [0.15, 0.2) is 36.5 Å². The third kappa shape index (κ3) is 3.49. The van der Waals surface area contributed by atoms with E-state index in [4.69, 9.17) is 4.74 Å². The molecule has 4 rings (SSSR count). The predicted octanol–water partition coefficient (Wildman–Crippen LogP) is 2.85. The number of ether oxygens (including phenoxy) is 1. The highest BCUT2D eigenvalue weighted by Gasteiger charge is 2.43. The van der Waals surface area contributed by atoms with Crippen molar-refractivity contribution in [1.82, 2.24) is 9.88 Å². The number of likely N-dealkylation sites (tertiary alicyclic amines) is 1. The van der Waals surface area contributed by atoms with E-state index in [0.717, 1.165) is 12.0 Å². The van der Waals surface area contributed by atoms with Crippen molar-refractivity contribution in [2.45, 2.75) is 31.3 Å². The average molecular weight is 366 g/mol. The summed E-state index contributed by atoms with van der Waals surface area (Å²) in [5.74, 6) is 5.93. The first-order valence-corrected chi connectivity index (χ1v) is 9.49. The fourth-order valence-corrected chi connectivity index (χ4v) is 4.11. The number of hydrogen-bond acceptors (Lipinski definition) is 5. The molecule has 2 aromatic rings. The van der Waals surface area contributed by atoms with Gasteiger partial charge in [-0.3, -0.25) is 9.59 Å². The number of amides is 1. The van der Waals surface area contributed by atoms with Crippen LogP contribution in [-0.2, 0) is 9.53 Å². The lowest BCUT2D eigenvalue weighted by molar-refractivity contribution is -0.151. The van der Waals surface area contributed by atoms with Gasteiger partial charge < -0.3 is 9.64 Å². The van der Waals surface area contributed by atoms with E-state index in [1.54, 1.807) is 6.20 Å². The van der Waals surface area contributed by atoms with Crippen molar-refractivity contribution in [2.75, 3.05) is 13.1 Å². The maximum absolute atomic E-state index is 12.7. The number of thiazole rings is 1. The van der Waals surface area contributed by atoms with Crippen LogP contribution in [0.25, 0.3) is 0 Å². The number of hydrogen-bond donors (Lipinski definition) is 0. The quantitative estimate of drug-likeness (QED) is 0.575. The average Bonchev–Trinajstić information content (AvgIpc) is 3.28. The van der Waals surface area contributed by atoms with Gasteiger partial charge in [-0.2, -0.15) is 0 Å². The molecule has 0 atom stereocenters. The molecule has 1 aromatic heterocycles. The molecule has 0 radical (unpaired) electrons. The van der Waals surface area contributed by atoms with Crippen LogP contribution in [0.4, 0.5) is 0 Å². The van der Waals surface area contributed by atoms with Crippen molar-refractivity contribution in [2.24, 2.45) is 0 Å². The summed E-state index contributed by atoms with van der Waals surface area (Å²) in [5, 5.41) is 0.635. The highest BCUT2D eigenvalue weighted by Crippen LogP contribution is 2.36. The monoisotopic (exact) mass is 366 g/mol. The first-order valence-electron chi connectivity index (χ1n) is 8.68. The molecule has 5 nitrogen and oxygen atoms in total. The normalized spacial score (nSPS) is 18.3. The van der Waals surface area contributed by atoms with Crippen molar-refractivity contribution in [3.63, 3.8) is 0 Å². The summed E-state index contributed by atoms with van der Waals surface area (Å²) in [6, 6.07) is 9.69. The third-order valence-corrected chi connectivity index (χ3v) is 5.78. The zero-order valence-corrected chi connectivity index (χ0v) is 15.1. The lowest BCUT2D eigenvalue weighted by Crippen LogP contribution is -2.46. The molecule has 2 fully saturated rings. The van der Waals surface area contributed by atoms with Crippen molar-refractivity contribution in [3.8, 4) is 11.8 Å². The number of esters is 1. The Balaban J connectivity index is 1.40. The van der Waals surface area contributed by atoms with E-state index in [2.05, 4.69) is 16.8 Å². The van der Waals surface area contributed by atoms with Crippen LogP contribution in [-0.4, -0.2) is 40.5 Å². The number of nitrogens with zero attached hydrogens (tertiary/aromatic N) is 2. The summed E-state index contributed by atoms with van der Waals surface area (Å²) >= 11 is 1.32. The standard InChI is InChI=1S/C20H18N2O3S/c23-18-8-9-20(25-18)10-12-22(13-11-20)19(24)16-14-21-17(26-16)7-6-15-4-2-1-3-5-15/h1-5,14H,8-13H2. The van der Waals surface area contributed by atoms with Gasteiger partial charge >= 0.3 is 5.97 Å². The van der Waals surface area contributed by atoms with Crippen LogP contribution in [0, 0.1) is 11.8 Å². The number of rotatable bonds is 1. The van der Waals surface area contributed by atoms with Gasteiger partial charge in [0.25, 0.3) is 5.91 Å². The molecule has 0 saturated carbocycles. The van der Waals surface area contributed by atoms with Crippen LogP contribution in [0.3, 0.4) is 0 Å². The molecule has 0 unspecified atom stereocenters. The topological polar surface area (TPSA) is 59.5 Å². The summed E-state index contributed by atoms with van der Waals surface area (Å²) in [4.78, 5) is 30.8. The van der Waals surface area contributed by atoms with Crippen LogP contribution in [0.5, 0.6) is 0 Å². The van der Waals surface area contributed by atoms with E-state index in [1.165, 1.54) is 11.3 Å². The molecule has 2 saturated heterocycles. The lowest BCUT2D eigenvalue weighted by atomic mass is 9.88. The SMILES string of the molecule is O=C1CCC2(CCN(C(=O)c3cnc(C#Cc4ccccc4)s3)CC2)O1. The molecule has 1 aromatic carbocycles. The van der Waals surface area contributed by atoms with Crippen LogP contribution in [0.2, 0.25) is 0 Å². The second-order valence-electron chi connectivity index (χ2n) is 6.59. The van der Waals surface area contributed by atoms with Gasteiger partial charge in [0, 0.05) is 37.9 Å². The highest BCUT2D eigenvalue weighted by molar-refractivity contribution is 7.14. The summed E-state index contributed by atoms with van der Waals surface area (Å²) in [7, 11) is 0. The van der Waals surface area contributed by atoms with E-state index in [9.17, 15) is 9.59 Å². The lowest BCUT2D eigenvalue weighted by Gasteiger charge is -2.37. The molecule has 3 heterocycles. The maximum Gasteiger partial charge on any atom is 0.306 e. The highest BCUT2D eigenvalue weighted by atomic mass is 32.1. The molecular formula is C20H18N2O3S. The predicted molar refractivity (Wildman–Crippen MR) is 97.7 cm³/mol. The van der Waals surface area contributed by atoms with Gasteiger partial charge in [0.05, 0.1) is 6.20 Å². The zero-order chi connectivity index (χ0) is 18.0. The third-order valence-electron chi connectivity index (χ3n) is 4.88. The van der Waals surface area contributed by atoms with E-state index < -0.39 is 0 Å². The maximum atomic E-state index is 12.7. The molecule has 0 N–H and O–H groups in total. The molecule has 0 bridgehead atoms. The Morgan fingerprint density at radius 2 is 1.92 bits per heavy atom. The smallest absolute Gasteiger partial charge is 0.306 e. The van der Waals surface area contributed by atoms with Gasteiger partial charge in [-0.1, -0.05) is 24.1 Å². The molecule has 132 valence electrons. The summed E-state index contributed by atoms with van der Waals surface area (Å²) in [5.41, 5.74) is 0.580. The van der Waals surface area contributed by atoms with Crippen molar-refractivity contribution < 1.29 is 14.3 Å². The van der Waals surface area contributed by atoms with Crippen LogP contribution in [0.1, 0.15) is 45.9 Å². The van der Waals surface area contributed by atoms with E-state index >= 15 is 0 Å². The number of benzene rings is 1. The van der Waals surface area contributed by atoms with Gasteiger partial charge in [-0.15, -0.1) is 11.3 Å². The Morgan fingerprint density at radius 3 is 2.62 bits per heavy atom. The minimum absolute atomic E-state index is 0.0190. The van der Waals surface area contributed by atoms with E-state index in [-0.39, 0.29) is 17.5 Å². The Labute approximate surface area is 156 Å². The summed E-state index contributed by atoms with van der Waals surface area (Å²) in [6.07, 6.45) is 4.29. The van der Waals surface area contributed by atoms with Crippen molar-refractivity contribution >= 4 is 23.2 Å². The van der Waals surface area contributed by atoms with Gasteiger partial charge in [-0.05, 0) is 24.5 Å². The zero-order valence-electron chi connectivity index (χ0n) is 14.2. The Kier molecular flexibility index (Phi) is 4.48. The molecule has 2 aliphatic rings. The second kappa shape index (κ2) is 6.93. The molecule has 6 heteroatoms. The molecular weight excluding hydrogens is 348 g/mol. The molecule has 1 amide bonds. The summed E-state index contributed by atoms with van der Waals surface area (Å²) < 4.78 is 5.50. The molecule has 1 spiro atoms. The fourth-order valence-electron chi connectivity index (χ4n) is 3.38. The molecule has 0 aliphatic carbocycles. The Morgan fingerprint density at radius 1 is 1.15 bits per heavy atom. The van der Waals surface area contributed by atoms with Crippen molar-refractivity contribution in [1.29, 1.82) is 0 Å². The molecule has 2 aliphatic heterocycles. The Bertz CT molecular complexity index is 887. The minimum atomic E-state index is -0.339. The van der Waals surface area contributed by atoms with E-state index in [1.807, 2.05) is 35.2 Å². The van der Waals surface area contributed by atoms with E-state index in [0.29, 0.717) is 42.2 Å². The molecule has 26 heavy (non-hydrogen) atoms. The van der Waals surface area contributed by atoms with Gasteiger partial charge in [0.15, 0.2) is 5.01 Å². The largest absolute Gasteiger partial charge is 0.459 e. The first-order chi connectivity index (χ1) is 12.6. The Hall–Kier alpha value is -2.65. The van der Waals surface area contributed by atoms with Gasteiger partial charge in [-0.25, -0.2) is 4.98 Å². The minimum Gasteiger partial charge on any atom is -0.459 e. The summed E-state index contributed by atoms with van der Waals surface area (Å²) in [6.45, 7) is 1.21. The van der Waals surface area contributed by atoms with Crippen LogP contribution < -0.4 is 0 Å². The first kappa shape index (κ1) is 16.8. The number of carbonyl (C=O) groups excluding carboxylic acids is 2. The second-order valence-corrected chi connectivity index (χ2v) is 7.63. The van der Waals surface area contributed by atoms with Gasteiger partial charge in [0.1, 0.15) is 10.5 Å². The van der Waals surface area contributed by atoms with Gasteiger partial charge in [0.2, 0.25) is 0 Å². The number of carbonyl (C=O) groups is 2. The van der Waals surface area contributed by atoms with Crippen LogP contribution >= 0.6 is 11.3 Å². The fraction of sp³-hybridized carbons (Fsp3) is 0.350. The number of piperidine rings is 1. The number of aromatic nitrogens is 1.